The van der Waals surface area contributed by atoms with Gasteiger partial charge in [-0.3, -0.25) is 14.5 Å². The molecule has 0 aromatic heterocycles. The van der Waals surface area contributed by atoms with Gasteiger partial charge in [-0.1, -0.05) is 50.9 Å². The molecule has 5 atom stereocenters. The first-order chi connectivity index (χ1) is 27.4. The molecule has 56 heavy (non-hydrogen) atoms. The molecule has 2 N–H and O–H groups in total. The van der Waals surface area contributed by atoms with Crippen LogP contribution in [-0.4, -0.2) is 41.8 Å². The Hall–Kier alpha value is -6.83. The Labute approximate surface area is 352 Å². The SMILES string of the molecule is C#CC#CC#CC#CC#CC#CC#CC#CC#CC#CC#CC.CC(=O)C1CC2CCCCC2C1NC(=O)C(C)N1CCC(C2CCCC2)CC1.O=O.[HH].[HH].[HH].[HH].[HH].[HH].[HH].[HH].[HH].[HH].[HH].[HH].[HH].[N-]=[N+]=N. The number of terminal acetylenes is 1. The summed E-state index contributed by atoms with van der Waals surface area (Å²) in [6.07, 6.45) is 19.1. The number of nitrogens with zero attached hydrogens (tertiary/aromatic N) is 3. The van der Waals surface area contributed by atoms with Crippen molar-refractivity contribution in [3.05, 3.63) is 20.4 Å². The highest BCUT2D eigenvalue weighted by Gasteiger charge is 2.47. The number of ketones is 1. The Morgan fingerprint density at radius 1 is 0.696 bits per heavy atom. The van der Waals surface area contributed by atoms with Crippen molar-refractivity contribution in [3.8, 4) is 131 Å². The van der Waals surface area contributed by atoms with Crippen LogP contribution in [0.15, 0.2) is 0 Å². The maximum Gasteiger partial charge on any atom is 0.237 e. The molecule has 4 aliphatic rings. The van der Waals surface area contributed by atoms with Gasteiger partial charge in [-0.25, -0.2) is 0 Å². The minimum Gasteiger partial charge on any atom is -0.351 e. The van der Waals surface area contributed by atoms with Crippen molar-refractivity contribution < 1.29 is 28.1 Å². The van der Waals surface area contributed by atoms with Gasteiger partial charge in [-0.15, -0.1) is 12.0 Å². The molecule has 5 unspecified atom stereocenters. The predicted molar refractivity (Wildman–Crippen MR) is 248 cm³/mol. The molecule has 3 saturated carbocycles. The van der Waals surface area contributed by atoms with Gasteiger partial charge in [0.25, 0.3) is 0 Å². The molecule has 1 heterocycles. The minimum absolute atomic E-state index is 0. The first kappa shape index (κ1) is 47.2. The zero-order valence-electron chi connectivity index (χ0n) is 32.3. The molecule has 3 aliphatic carbocycles. The molecule has 4 fully saturated rings. The van der Waals surface area contributed by atoms with Crippen LogP contribution in [0.1, 0.15) is 110 Å². The molecule has 1 amide bonds. The Morgan fingerprint density at radius 3 is 1.48 bits per heavy atom. The van der Waals surface area contributed by atoms with Gasteiger partial charge in [0.1, 0.15) is 5.78 Å². The van der Waals surface area contributed by atoms with Gasteiger partial charge in [0.2, 0.25) is 5.91 Å². The van der Waals surface area contributed by atoms with E-state index in [0.717, 1.165) is 31.3 Å². The number of carbonyl (C=O) groups excluding carboxylic acids is 2. The van der Waals surface area contributed by atoms with E-state index in [1.165, 1.54) is 64.2 Å². The van der Waals surface area contributed by atoms with E-state index < -0.39 is 0 Å². The fourth-order valence-electron chi connectivity index (χ4n) is 7.69. The summed E-state index contributed by atoms with van der Waals surface area (Å²) in [7, 11) is 0. The Kier molecular flexibility index (Phi) is 25.8. The molecule has 1 saturated heterocycles. The summed E-state index contributed by atoms with van der Waals surface area (Å²) in [5.41, 5.74) is 12.2. The molecular weight excluding hydrogens is 699 g/mol. The van der Waals surface area contributed by atoms with Gasteiger partial charge in [0.05, 0.1) is 6.04 Å². The smallest absolute Gasteiger partial charge is 0.237 e. The quantitative estimate of drug-likeness (QED) is 0.124. The monoisotopic (exact) mass is 770 g/mol. The minimum atomic E-state index is -0.0697. The van der Waals surface area contributed by atoms with Crippen LogP contribution >= 0.6 is 0 Å². The standard InChI is InChI=1S/C24H40N2O2.C23H4.HN3.O2.13H2/c1-16(26-13-11-19(12-14-26)18-7-3-4-8-18)24(28)25-23-21-10-6-5-9-20(21)15-22(23)17(2)27;1-3-5-7-9-11-13-15-17-19-21-23-22-20-18-16-14-12-10-8-6-4-2;1-3-2;1-2;;;;;;;;;;;;;/h16,18-23H,3-15H2,1-2H3,(H,25,28);1H,2H3;1H;;13*1H. The molecule has 0 radical (unpaired) electrons. The highest BCUT2D eigenvalue weighted by atomic mass is 16.7. The van der Waals surface area contributed by atoms with Crippen molar-refractivity contribution in [3.63, 3.8) is 0 Å². The highest BCUT2D eigenvalue weighted by Crippen LogP contribution is 2.45. The summed E-state index contributed by atoms with van der Waals surface area (Å²) >= 11 is 0. The average molecular weight is 770 g/mol. The number of hydrogen-bond donors (Lipinski definition) is 2. The van der Waals surface area contributed by atoms with Gasteiger partial charge in [-0.05, 0) is 188 Å². The van der Waals surface area contributed by atoms with E-state index >= 15 is 0 Å². The number of rotatable bonds is 5. The van der Waals surface area contributed by atoms with Crippen LogP contribution in [-0.2, 0) is 9.59 Å². The third kappa shape index (κ3) is 18.8. The fourth-order valence-corrected chi connectivity index (χ4v) is 7.69. The summed E-state index contributed by atoms with van der Waals surface area (Å²) in [6.45, 7) is 7.60. The summed E-state index contributed by atoms with van der Waals surface area (Å²) < 4.78 is 0. The number of fused-ring (bicyclic) bond motifs is 1. The second kappa shape index (κ2) is 30.6. The first-order valence-electron chi connectivity index (χ1n) is 18.5. The van der Waals surface area contributed by atoms with Crippen LogP contribution in [0.3, 0.4) is 0 Å². The van der Waals surface area contributed by atoms with Crippen LogP contribution < -0.4 is 5.32 Å². The molecule has 0 aromatic rings. The van der Waals surface area contributed by atoms with E-state index in [4.69, 9.17) is 27.4 Å². The van der Waals surface area contributed by atoms with E-state index in [1.54, 1.807) is 18.8 Å². The lowest BCUT2D eigenvalue weighted by atomic mass is 9.80. The molecule has 0 spiro atoms. The zero-order valence-corrected chi connectivity index (χ0v) is 32.3. The van der Waals surface area contributed by atoms with Crippen molar-refractivity contribution in [2.75, 3.05) is 13.1 Å². The molecule has 1 aliphatic heterocycles. The summed E-state index contributed by atoms with van der Waals surface area (Å²) in [5, 5.41) is 3.37. The number of amides is 1. The molecular formula is C47H71N5O4. The van der Waals surface area contributed by atoms with Crippen molar-refractivity contribution in [2.24, 2.45) is 29.6 Å². The number of nitrogens with one attached hydrogen (secondary N) is 2. The van der Waals surface area contributed by atoms with E-state index in [-0.39, 0.29) is 48.2 Å². The Bertz CT molecular complexity index is 2130. The van der Waals surface area contributed by atoms with Crippen molar-refractivity contribution >= 4 is 11.7 Å². The van der Waals surface area contributed by atoms with Gasteiger partial charge in [0.15, 0.2) is 0 Å². The van der Waals surface area contributed by atoms with Crippen molar-refractivity contribution in [1.29, 1.82) is 5.53 Å². The third-order valence-electron chi connectivity index (χ3n) is 10.1. The average Bonchev–Trinajstić information content (AvgIpc) is 3.89. The van der Waals surface area contributed by atoms with Gasteiger partial charge >= 0.3 is 0 Å². The molecule has 308 valence electrons. The zero-order chi connectivity index (χ0) is 41.2. The highest BCUT2D eigenvalue weighted by molar-refractivity contribution is 5.84. The van der Waals surface area contributed by atoms with Crippen LogP contribution in [0.25, 0.3) is 10.4 Å². The Morgan fingerprint density at radius 2 is 1.07 bits per heavy atom. The topological polar surface area (TPSA) is 144 Å². The van der Waals surface area contributed by atoms with Gasteiger partial charge in [0, 0.05) is 64.1 Å². The molecule has 9 nitrogen and oxygen atoms in total. The van der Waals surface area contributed by atoms with E-state index in [1.807, 2.05) is 0 Å². The Balaban J connectivity index is -0.0000000651. The summed E-state index contributed by atoms with van der Waals surface area (Å²) in [5.74, 6) is 55.4. The maximum absolute atomic E-state index is 13.1. The number of likely N-dealkylation sites (tertiary alicyclic amines) is 1. The second-order valence-corrected chi connectivity index (χ2v) is 13.2. The van der Waals surface area contributed by atoms with E-state index in [0.29, 0.717) is 11.8 Å². The lowest BCUT2D eigenvalue weighted by molar-refractivity contribution is -0.128. The normalized spacial score (nSPS) is 19.9. The van der Waals surface area contributed by atoms with E-state index in [9.17, 15) is 9.59 Å². The van der Waals surface area contributed by atoms with Crippen LogP contribution in [0.5, 0.6) is 0 Å². The number of piperidine rings is 1. The molecule has 4 rings (SSSR count). The van der Waals surface area contributed by atoms with Crippen LogP contribution in [0.4, 0.5) is 0 Å². The molecule has 0 bridgehead atoms. The predicted octanol–water partition coefficient (Wildman–Crippen LogP) is 8.99. The third-order valence-corrected chi connectivity index (χ3v) is 10.1. The van der Waals surface area contributed by atoms with Gasteiger partial charge < -0.3 is 5.32 Å². The van der Waals surface area contributed by atoms with E-state index in [2.05, 4.69) is 141 Å². The largest absolute Gasteiger partial charge is 0.351 e. The molecule has 0 aromatic carbocycles. The fraction of sp³-hybridized carbons (Fsp3) is 0.489. The maximum atomic E-state index is 13.1. The van der Waals surface area contributed by atoms with Crippen molar-refractivity contribution in [1.82, 2.24) is 10.2 Å². The lowest BCUT2D eigenvalue weighted by Gasteiger charge is -2.38. The number of Topliss-reactive ketones (excluding diaryl/α,β-unsaturated/α-hetero) is 1. The molecule has 9 heteroatoms. The second-order valence-electron chi connectivity index (χ2n) is 13.2. The number of hydrogen-bond acceptors (Lipinski definition) is 6. The first-order valence-corrected chi connectivity index (χ1v) is 18.5. The van der Waals surface area contributed by atoms with Crippen molar-refractivity contribution in [2.45, 2.75) is 103 Å². The van der Waals surface area contributed by atoms with Crippen LogP contribution in [0, 0.1) is 176 Å². The van der Waals surface area contributed by atoms with Gasteiger partial charge in [-0.2, -0.15) is 0 Å². The number of carbonyl (C=O) groups is 2. The summed E-state index contributed by atoms with van der Waals surface area (Å²) in [4.78, 5) is 43.5. The van der Waals surface area contributed by atoms with Crippen LogP contribution in [0.2, 0.25) is 0 Å². The lowest BCUT2D eigenvalue weighted by Crippen LogP contribution is -2.53. The summed E-state index contributed by atoms with van der Waals surface area (Å²) in [6, 6.07) is 0.00792.